The van der Waals surface area contributed by atoms with E-state index in [-0.39, 0.29) is 12.2 Å². The average molecular weight is 301 g/mol. The topological polar surface area (TPSA) is 72.6 Å². The Kier molecular flexibility index (Phi) is 3.70. The molecular formula is C15H11NO4S. The molecule has 0 radical (unpaired) electrons. The van der Waals surface area contributed by atoms with Gasteiger partial charge in [0.25, 0.3) is 0 Å². The summed E-state index contributed by atoms with van der Waals surface area (Å²) in [5, 5.41) is 10.8. The first-order valence-electron chi connectivity index (χ1n) is 6.17. The Morgan fingerprint density at radius 2 is 2.10 bits per heavy atom. The van der Waals surface area contributed by atoms with Gasteiger partial charge in [0, 0.05) is 0 Å². The molecule has 0 fully saturated rings. The van der Waals surface area contributed by atoms with Gasteiger partial charge in [0.2, 0.25) is 5.89 Å². The van der Waals surface area contributed by atoms with Crippen molar-refractivity contribution in [2.24, 2.45) is 0 Å². The van der Waals surface area contributed by atoms with Crippen LogP contribution in [0.3, 0.4) is 0 Å². The van der Waals surface area contributed by atoms with Crippen LogP contribution in [-0.2, 0) is 6.61 Å². The summed E-state index contributed by atoms with van der Waals surface area (Å²) in [5.74, 6) is 0.198. The number of nitrogens with zero attached hydrogens (tertiary/aromatic N) is 1. The van der Waals surface area contributed by atoms with Crippen LogP contribution in [-0.4, -0.2) is 16.1 Å². The van der Waals surface area contributed by atoms with E-state index in [1.807, 2.05) is 17.5 Å². The molecule has 0 atom stereocenters. The molecule has 3 rings (SSSR count). The molecule has 3 aromatic rings. The fraction of sp³-hybridized carbons (Fsp3) is 0.0667. The Balaban J connectivity index is 1.64. The third-order valence-corrected chi connectivity index (χ3v) is 3.63. The maximum Gasteiger partial charge on any atom is 0.335 e. The van der Waals surface area contributed by atoms with Crippen LogP contribution in [0.4, 0.5) is 0 Å². The molecule has 0 unspecified atom stereocenters. The van der Waals surface area contributed by atoms with Crippen LogP contribution < -0.4 is 4.74 Å². The van der Waals surface area contributed by atoms with Crippen LogP contribution >= 0.6 is 11.3 Å². The normalized spacial score (nSPS) is 10.5. The first-order valence-corrected chi connectivity index (χ1v) is 7.05. The van der Waals surface area contributed by atoms with Gasteiger partial charge in [-0.25, -0.2) is 9.78 Å². The van der Waals surface area contributed by atoms with Gasteiger partial charge in [0.1, 0.15) is 24.3 Å². The van der Waals surface area contributed by atoms with Crippen molar-refractivity contribution in [1.29, 1.82) is 0 Å². The van der Waals surface area contributed by atoms with Crippen molar-refractivity contribution in [2.45, 2.75) is 6.61 Å². The standard InChI is InChI=1S/C15H11NO4S/c17-15(18)10-3-5-12(6-4-10)19-8-11-9-20-14(16-11)13-2-1-7-21-13/h1-7,9H,8H2,(H,17,18). The minimum Gasteiger partial charge on any atom is -0.487 e. The monoisotopic (exact) mass is 301 g/mol. The van der Waals surface area contributed by atoms with Crippen molar-refractivity contribution in [3.8, 4) is 16.5 Å². The van der Waals surface area contributed by atoms with Gasteiger partial charge >= 0.3 is 5.97 Å². The molecule has 0 saturated carbocycles. The Bertz CT molecular complexity index is 731. The number of hydrogen-bond acceptors (Lipinski definition) is 5. The zero-order valence-corrected chi connectivity index (χ0v) is 11.7. The molecule has 0 spiro atoms. The van der Waals surface area contributed by atoms with Crippen LogP contribution in [0.1, 0.15) is 16.1 Å². The number of carboxylic acids is 1. The van der Waals surface area contributed by atoms with E-state index in [2.05, 4.69) is 4.98 Å². The molecule has 0 bridgehead atoms. The third kappa shape index (κ3) is 3.11. The number of oxazole rings is 1. The minimum atomic E-state index is -0.960. The third-order valence-electron chi connectivity index (χ3n) is 2.77. The molecule has 0 saturated heterocycles. The number of thiophene rings is 1. The summed E-state index contributed by atoms with van der Waals surface area (Å²) in [6, 6.07) is 10.1. The predicted molar refractivity (Wildman–Crippen MR) is 77.5 cm³/mol. The van der Waals surface area contributed by atoms with Crippen molar-refractivity contribution in [3.05, 3.63) is 59.3 Å². The largest absolute Gasteiger partial charge is 0.487 e. The van der Waals surface area contributed by atoms with Gasteiger partial charge in [-0.2, -0.15) is 0 Å². The Labute approximate surface area is 124 Å². The van der Waals surface area contributed by atoms with Crippen molar-refractivity contribution in [2.75, 3.05) is 0 Å². The fourth-order valence-electron chi connectivity index (χ4n) is 1.74. The highest BCUT2D eigenvalue weighted by molar-refractivity contribution is 7.13. The van der Waals surface area contributed by atoms with Gasteiger partial charge < -0.3 is 14.3 Å². The van der Waals surface area contributed by atoms with E-state index in [0.717, 1.165) is 4.88 Å². The van der Waals surface area contributed by atoms with Crippen LogP contribution in [0, 0.1) is 0 Å². The van der Waals surface area contributed by atoms with E-state index < -0.39 is 5.97 Å². The van der Waals surface area contributed by atoms with E-state index in [9.17, 15) is 4.79 Å². The van der Waals surface area contributed by atoms with Gasteiger partial charge in [0.15, 0.2) is 0 Å². The van der Waals surface area contributed by atoms with Crippen LogP contribution in [0.5, 0.6) is 5.75 Å². The summed E-state index contributed by atoms with van der Waals surface area (Å²) >= 11 is 1.56. The lowest BCUT2D eigenvalue weighted by molar-refractivity contribution is 0.0697. The van der Waals surface area contributed by atoms with Crippen LogP contribution in [0.25, 0.3) is 10.8 Å². The van der Waals surface area contributed by atoms with Gasteiger partial charge in [-0.3, -0.25) is 0 Å². The van der Waals surface area contributed by atoms with Gasteiger partial charge in [-0.1, -0.05) is 6.07 Å². The smallest absolute Gasteiger partial charge is 0.335 e. The maximum absolute atomic E-state index is 10.7. The minimum absolute atomic E-state index is 0.226. The predicted octanol–water partition coefficient (Wildman–Crippen LogP) is 3.68. The Morgan fingerprint density at radius 1 is 1.29 bits per heavy atom. The van der Waals surface area contributed by atoms with Crippen LogP contribution in [0.2, 0.25) is 0 Å². The van der Waals surface area contributed by atoms with Crippen molar-refractivity contribution in [3.63, 3.8) is 0 Å². The van der Waals surface area contributed by atoms with Crippen molar-refractivity contribution in [1.82, 2.24) is 4.98 Å². The average Bonchev–Trinajstić information content (AvgIpc) is 3.16. The summed E-state index contributed by atoms with van der Waals surface area (Å²) in [5.41, 5.74) is 0.907. The molecule has 2 heterocycles. The lowest BCUT2D eigenvalue weighted by Crippen LogP contribution is -1.98. The first-order chi connectivity index (χ1) is 10.2. The highest BCUT2D eigenvalue weighted by Crippen LogP contribution is 2.24. The van der Waals surface area contributed by atoms with E-state index >= 15 is 0 Å². The maximum atomic E-state index is 10.7. The number of aromatic carboxylic acids is 1. The number of carbonyl (C=O) groups is 1. The van der Waals surface area contributed by atoms with E-state index in [4.69, 9.17) is 14.3 Å². The van der Waals surface area contributed by atoms with Gasteiger partial charge in [-0.05, 0) is 35.7 Å². The second-order valence-electron chi connectivity index (χ2n) is 4.24. The molecule has 106 valence electrons. The summed E-state index contributed by atoms with van der Waals surface area (Å²) < 4.78 is 10.9. The molecule has 0 aliphatic carbocycles. The van der Waals surface area contributed by atoms with E-state index in [1.165, 1.54) is 12.1 Å². The molecule has 5 nitrogen and oxygen atoms in total. The number of benzene rings is 1. The number of carboxylic acid groups (broad SMARTS) is 1. The number of ether oxygens (including phenoxy) is 1. The number of rotatable bonds is 5. The Morgan fingerprint density at radius 3 is 2.76 bits per heavy atom. The molecule has 1 aromatic carbocycles. The summed E-state index contributed by atoms with van der Waals surface area (Å²) in [6.07, 6.45) is 1.56. The van der Waals surface area contributed by atoms with Crippen molar-refractivity contribution >= 4 is 17.3 Å². The molecule has 0 aliphatic rings. The molecule has 0 amide bonds. The number of hydrogen-bond donors (Lipinski definition) is 1. The zero-order chi connectivity index (χ0) is 14.7. The van der Waals surface area contributed by atoms with Crippen LogP contribution in [0.15, 0.2) is 52.5 Å². The zero-order valence-electron chi connectivity index (χ0n) is 10.9. The molecule has 0 aliphatic heterocycles. The lowest BCUT2D eigenvalue weighted by atomic mass is 10.2. The molecule has 1 N–H and O–H groups in total. The van der Waals surface area contributed by atoms with E-state index in [1.54, 1.807) is 29.7 Å². The first kappa shape index (κ1) is 13.4. The highest BCUT2D eigenvalue weighted by atomic mass is 32.1. The van der Waals surface area contributed by atoms with Gasteiger partial charge in [-0.15, -0.1) is 11.3 Å². The lowest BCUT2D eigenvalue weighted by Gasteiger charge is -2.03. The Hall–Kier alpha value is -2.60. The molecular weight excluding hydrogens is 290 g/mol. The number of aromatic nitrogens is 1. The molecule has 6 heteroatoms. The van der Waals surface area contributed by atoms with Crippen molar-refractivity contribution < 1.29 is 19.1 Å². The van der Waals surface area contributed by atoms with E-state index in [0.29, 0.717) is 17.3 Å². The second-order valence-corrected chi connectivity index (χ2v) is 5.19. The quantitative estimate of drug-likeness (QED) is 0.778. The molecule has 2 aromatic heterocycles. The highest BCUT2D eigenvalue weighted by Gasteiger charge is 2.08. The summed E-state index contributed by atoms with van der Waals surface area (Å²) in [4.78, 5) is 16.0. The second kappa shape index (κ2) is 5.80. The summed E-state index contributed by atoms with van der Waals surface area (Å²) in [6.45, 7) is 0.265. The fourth-order valence-corrected chi connectivity index (χ4v) is 2.39. The SMILES string of the molecule is O=C(O)c1ccc(OCc2coc(-c3cccs3)n2)cc1. The summed E-state index contributed by atoms with van der Waals surface area (Å²) in [7, 11) is 0. The molecule has 21 heavy (non-hydrogen) atoms. The van der Waals surface area contributed by atoms with Gasteiger partial charge in [0.05, 0.1) is 10.4 Å².